The number of rotatable bonds is 6. The van der Waals surface area contributed by atoms with Gasteiger partial charge in [-0.2, -0.15) is 0 Å². The van der Waals surface area contributed by atoms with Crippen LogP contribution in [0.4, 0.5) is 0 Å². The number of hydrogen-bond acceptors (Lipinski definition) is 3. The Hall–Kier alpha value is -0.430. The van der Waals surface area contributed by atoms with Crippen LogP contribution in [0, 0.1) is 0 Å². The molecule has 0 atom stereocenters. The molecule has 1 aromatic carbocycles. The molecule has 0 heterocycles. The van der Waals surface area contributed by atoms with E-state index in [1.54, 1.807) is 24.3 Å². The molecule has 4 nitrogen and oxygen atoms in total. The number of hydrogen-bond donors (Lipinski definition) is 2. The minimum Gasteiger partial charge on any atom is -0.316 e. The van der Waals surface area contributed by atoms with Crippen LogP contribution >= 0.6 is 15.9 Å². The molecule has 0 unspecified atom stereocenters. The number of nitrogens with one attached hydrogen (secondary N) is 2. The summed E-state index contributed by atoms with van der Waals surface area (Å²) in [5.41, 5.74) is 0. The molecule has 1 aromatic rings. The number of benzene rings is 1. The molecule has 2 N–H and O–H groups in total. The van der Waals surface area contributed by atoms with E-state index in [0.29, 0.717) is 13.1 Å². The van der Waals surface area contributed by atoms with Gasteiger partial charge >= 0.3 is 0 Å². The van der Waals surface area contributed by atoms with Crippen LogP contribution in [0.3, 0.4) is 0 Å². The molecule has 1 rings (SSSR count). The van der Waals surface area contributed by atoms with Gasteiger partial charge in [-0.05, 0) is 24.7 Å². The van der Waals surface area contributed by atoms with Crippen LogP contribution < -0.4 is 10.0 Å². The van der Waals surface area contributed by atoms with Crippen molar-refractivity contribution < 1.29 is 8.42 Å². The Bertz CT molecular complexity index is 434. The molecule has 0 aromatic heterocycles. The fraction of sp³-hybridized carbons (Fsp3) is 0.400. The Balaban J connectivity index is 2.64. The molecular weight excluding hydrogens is 292 g/mol. The zero-order valence-corrected chi connectivity index (χ0v) is 11.4. The van der Waals surface area contributed by atoms with Gasteiger partial charge in [0, 0.05) is 17.6 Å². The van der Waals surface area contributed by atoms with Crippen LogP contribution in [-0.2, 0) is 10.0 Å². The Morgan fingerprint density at radius 3 is 2.69 bits per heavy atom. The van der Waals surface area contributed by atoms with Crippen molar-refractivity contribution in [2.45, 2.75) is 11.8 Å². The maximum Gasteiger partial charge on any atom is 0.240 e. The summed E-state index contributed by atoms with van der Waals surface area (Å²) < 4.78 is 26.9. The van der Waals surface area contributed by atoms with E-state index in [4.69, 9.17) is 0 Å². The first-order valence-electron chi connectivity index (χ1n) is 5.02. The second-order valence-corrected chi connectivity index (χ2v) is 5.89. The monoisotopic (exact) mass is 306 g/mol. The van der Waals surface area contributed by atoms with Crippen molar-refractivity contribution in [2.75, 3.05) is 19.6 Å². The van der Waals surface area contributed by atoms with Gasteiger partial charge in [-0.25, -0.2) is 13.1 Å². The first kappa shape index (κ1) is 13.6. The van der Waals surface area contributed by atoms with Gasteiger partial charge in [0.25, 0.3) is 0 Å². The van der Waals surface area contributed by atoms with Crippen LogP contribution in [0.25, 0.3) is 0 Å². The topological polar surface area (TPSA) is 58.2 Å². The van der Waals surface area contributed by atoms with Crippen molar-refractivity contribution in [2.24, 2.45) is 0 Å². The lowest BCUT2D eigenvalue weighted by Gasteiger charge is -2.07. The van der Waals surface area contributed by atoms with E-state index in [1.807, 2.05) is 6.92 Å². The third-order valence-corrected chi connectivity index (χ3v) is 3.90. The predicted octanol–water partition coefficient (Wildman–Crippen LogP) is 1.34. The SMILES string of the molecule is CCNCCNS(=O)(=O)c1cccc(Br)c1. The van der Waals surface area contributed by atoms with Gasteiger partial charge in [-0.1, -0.05) is 28.9 Å². The number of sulfonamides is 1. The summed E-state index contributed by atoms with van der Waals surface area (Å²) >= 11 is 3.24. The fourth-order valence-electron chi connectivity index (χ4n) is 1.17. The third kappa shape index (κ3) is 4.21. The molecule has 0 spiro atoms. The molecule has 0 bridgehead atoms. The first-order valence-corrected chi connectivity index (χ1v) is 7.30. The molecule has 90 valence electrons. The Labute approximate surface area is 105 Å². The van der Waals surface area contributed by atoms with E-state index in [9.17, 15) is 8.42 Å². The highest BCUT2D eigenvalue weighted by Crippen LogP contribution is 2.15. The Morgan fingerprint density at radius 1 is 1.31 bits per heavy atom. The third-order valence-electron chi connectivity index (χ3n) is 1.95. The zero-order chi connectivity index (χ0) is 12.0. The van der Waals surface area contributed by atoms with E-state index in [2.05, 4.69) is 26.0 Å². The summed E-state index contributed by atoms with van der Waals surface area (Å²) in [6.07, 6.45) is 0. The molecule has 0 saturated heterocycles. The van der Waals surface area contributed by atoms with E-state index < -0.39 is 10.0 Å². The van der Waals surface area contributed by atoms with Crippen LogP contribution in [0.15, 0.2) is 33.6 Å². The van der Waals surface area contributed by atoms with Crippen LogP contribution in [-0.4, -0.2) is 28.1 Å². The van der Waals surface area contributed by atoms with Gasteiger partial charge in [0.15, 0.2) is 0 Å². The number of halogens is 1. The van der Waals surface area contributed by atoms with E-state index >= 15 is 0 Å². The molecule has 16 heavy (non-hydrogen) atoms. The second-order valence-electron chi connectivity index (χ2n) is 3.21. The summed E-state index contributed by atoms with van der Waals surface area (Å²) in [6, 6.07) is 6.64. The zero-order valence-electron chi connectivity index (χ0n) is 9.03. The average Bonchev–Trinajstić information content (AvgIpc) is 2.24. The summed E-state index contributed by atoms with van der Waals surface area (Å²) in [6.45, 7) is 3.83. The Kier molecular flexibility index (Phi) is 5.40. The summed E-state index contributed by atoms with van der Waals surface area (Å²) in [4.78, 5) is 0.276. The highest BCUT2D eigenvalue weighted by molar-refractivity contribution is 9.10. The highest BCUT2D eigenvalue weighted by Gasteiger charge is 2.12. The lowest BCUT2D eigenvalue weighted by Crippen LogP contribution is -2.31. The van der Waals surface area contributed by atoms with E-state index in [0.717, 1.165) is 11.0 Å². The molecule has 0 saturated carbocycles. The molecule has 0 radical (unpaired) electrons. The Morgan fingerprint density at radius 2 is 2.06 bits per heavy atom. The second kappa shape index (κ2) is 6.34. The maximum atomic E-state index is 11.8. The molecular formula is C10H15BrN2O2S. The van der Waals surface area contributed by atoms with Crippen molar-refractivity contribution in [1.82, 2.24) is 10.0 Å². The molecule has 0 aliphatic heterocycles. The van der Waals surface area contributed by atoms with Gasteiger partial charge in [-0.15, -0.1) is 0 Å². The largest absolute Gasteiger partial charge is 0.316 e. The summed E-state index contributed by atoms with van der Waals surface area (Å²) in [5, 5.41) is 3.05. The van der Waals surface area contributed by atoms with Gasteiger partial charge in [0.1, 0.15) is 0 Å². The predicted molar refractivity (Wildman–Crippen MR) is 67.9 cm³/mol. The van der Waals surface area contributed by atoms with Crippen molar-refractivity contribution in [3.63, 3.8) is 0 Å². The molecule has 0 aliphatic carbocycles. The lowest BCUT2D eigenvalue weighted by molar-refractivity contribution is 0.577. The van der Waals surface area contributed by atoms with Gasteiger partial charge in [0.2, 0.25) is 10.0 Å². The first-order chi connectivity index (χ1) is 7.56. The fourth-order valence-corrected chi connectivity index (χ4v) is 2.80. The summed E-state index contributed by atoms with van der Waals surface area (Å²) in [7, 11) is -3.38. The van der Waals surface area contributed by atoms with Gasteiger partial charge in [-0.3, -0.25) is 0 Å². The molecule has 0 fully saturated rings. The van der Waals surface area contributed by atoms with Crippen molar-refractivity contribution in [3.8, 4) is 0 Å². The smallest absolute Gasteiger partial charge is 0.240 e. The normalized spacial score (nSPS) is 11.6. The number of likely N-dealkylation sites (N-methyl/N-ethyl adjacent to an activating group) is 1. The quantitative estimate of drug-likeness (QED) is 0.780. The molecule has 0 amide bonds. The van der Waals surface area contributed by atoms with Gasteiger partial charge < -0.3 is 5.32 Å². The lowest BCUT2D eigenvalue weighted by atomic mass is 10.4. The van der Waals surface area contributed by atoms with E-state index in [1.165, 1.54) is 0 Å². The van der Waals surface area contributed by atoms with E-state index in [-0.39, 0.29) is 4.90 Å². The van der Waals surface area contributed by atoms with Crippen molar-refractivity contribution in [3.05, 3.63) is 28.7 Å². The van der Waals surface area contributed by atoms with Crippen LogP contribution in [0.2, 0.25) is 0 Å². The average molecular weight is 307 g/mol. The van der Waals surface area contributed by atoms with Gasteiger partial charge in [0.05, 0.1) is 4.90 Å². The summed E-state index contributed by atoms with van der Waals surface area (Å²) in [5.74, 6) is 0. The minimum absolute atomic E-state index is 0.276. The van der Waals surface area contributed by atoms with Crippen LogP contribution in [0.1, 0.15) is 6.92 Å². The molecule has 0 aliphatic rings. The maximum absolute atomic E-state index is 11.8. The van der Waals surface area contributed by atoms with Crippen LogP contribution in [0.5, 0.6) is 0 Å². The van der Waals surface area contributed by atoms with Crippen molar-refractivity contribution in [1.29, 1.82) is 0 Å². The van der Waals surface area contributed by atoms with Crippen molar-refractivity contribution >= 4 is 26.0 Å². The minimum atomic E-state index is -3.38. The molecule has 6 heteroatoms. The highest BCUT2D eigenvalue weighted by atomic mass is 79.9. The standard InChI is InChI=1S/C10H15BrN2O2S/c1-2-12-6-7-13-16(14,15)10-5-3-4-9(11)8-10/h3-5,8,12-13H,2,6-7H2,1H3.